The molecule has 3 heterocycles. The first kappa shape index (κ1) is 13.0. The van der Waals surface area contributed by atoms with Crippen molar-refractivity contribution in [3.8, 4) is 5.69 Å². The first-order chi connectivity index (χ1) is 10.9. The van der Waals surface area contributed by atoms with Crippen molar-refractivity contribution in [2.24, 2.45) is 0 Å². The quantitative estimate of drug-likeness (QED) is 0.575. The highest BCUT2D eigenvalue weighted by atomic mass is 32.1. The van der Waals surface area contributed by atoms with E-state index in [2.05, 4.69) is 56.4 Å². The summed E-state index contributed by atoms with van der Waals surface area (Å²) in [7, 11) is 0. The van der Waals surface area contributed by atoms with Gasteiger partial charge in [0.05, 0.1) is 18.1 Å². The van der Waals surface area contributed by atoms with Crippen molar-refractivity contribution >= 4 is 11.3 Å². The SMILES string of the molecule is c1csc(C(c2ccc(-n3cccn3)cc2)n2ccnc2)c1. The molecule has 0 amide bonds. The molecule has 0 aliphatic carbocycles. The molecule has 0 fully saturated rings. The van der Waals surface area contributed by atoms with Gasteiger partial charge in [0.2, 0.25) is 0 Å². The summed E-state index contributed by atoms with van der Waals surface area (Å²) in [5.41, 5.74) is 2.29. The topological polar surface area (TPSA) is 35.6 Å². The van der Waals surface area contributed by atoms with Gasteiger partial charge in [-0.15, -0.1) is 11.3 Å². The number of nitrogens with zero attached hydrogens (tertiary/aromatic N) is 4. The highest BCUT2D eigenvalue weighted by Gasteiger charge is 2.16. The second kappa shape index (κ2) is 5.61. The molecule has 108 valence electrons. The number of hydrogen-bond donors (Lipinski definition) is 0. The number of rotatable bonds is 4. The van der Waals surface area contributed by atoms with E-state index in [-0.39, 0.29) is 6.04 Å². The first-order valence-electron chi connectivity index (χ1n) is 7.02. The van der Waals surface area contributed by atoms with Crippen molar-refractivity contribution < 1.29 is 0 Å². The molecule has 4 nitrogen and oxygen atoms in total. The summed E-state index contributed by atoms with van der Waals surface area (Å²) in [6, 6.07) is 14.8. The minimum atomic E-state index is 0.161. The zero-order chi connectivity index (χ0) is 14.8. The van der Waals surface area contributed by atoms with Gasteiger partial charge < -0.3 is 4.57 Å². The van der Waals surface area contributed by atoms with Crippen LogP contribution < -0.4 is 0 Å². The third kappa shape index (κ3) is 2.35. The molecule has 4 rings (SSSR count). The zero-order valence-electron chi connectivity index (χ0n) is 11.8. The average Bonchev–Trinajstić information content (AvgIpc) is 3.32. The van der Waals surface area contributed by atoms with E-state index in [1.807, 2.05) is 35.7 Å². The van der Waals surface area contributed by atoms with Crippen molar-refractivity contribution in [1.82, 2.24) is 19.3 Å². The van der Waals surface area contributed by atoms with E-state index < -0.39 is 0 Å². The number of hydrogen-bond acceptors (Lipinski definition) is 3. The Morgan fingerprint density at radius 3 is 2.50 bits per heavy atom. The second-order valence-electron chi connectivity index (χ2n) is 4.97. The minimum Gasteiger partial charge on any atom is -0.325 e. The Hall–Kier alpha value is -2.66. The maximum atomic E-state index is 4.26. The third-order valence-electron chi connectivity index (χ3n) is 3.61. The third-order valence-corrected chi connectivity index (χ3v) is 4.54. The van der Waals surface area contributed by atoms with E-state index in [4.69, 9.17) is 0 Å². The molecule has 0 radical (unpaired) electrons. The molecule has 3 aromatic heterocycles. The van der Waals surface area contributed by atoms with Crippen molar-refractivity contribution in [2.75, 3.05) is 0 Å². The first-order valence-corrected chi connectivity index (χ1v) is 7.90. The highest BCUT2D eigenvalue weighted by Crippen LogP contribution is 2.30. The Balaban J connectivity index is 1.74. The normalized spacial score (nSPS) is 12.4. The molecule has 4 aromatic rings. The smallest absolute Gasteiger partial charge is 0.0954 e. The molecular formula is C17H14N4S. The van der Waals surface area contributed by atoms with Crippen LogP contribution in [-0.4, -0.2) is 19.3 Å². The lowest BCUT2D eigenvalue weighted by Gasteiger charge is -2.18. The van der Waals surface area contributed by atoms with Gasteiger partial charge in [0.25, 0.3) is 0 Å². The van der Waals surface area contributed by atoms with Crippen LogP contribution in [0.3, 0.4) is 0 Å². The fourth-order valence-electron chi connectivity index (χ4n) is 2.58. The van der Waals surface area contributed by atoms with Crippen LogP contribution in [0.15, 0.2) is 79.0 Å². The molecule has 1 atom stereocenters. The lowest BCUT2D eigenvalue weighted by Crippen LogP contribution is -2.09. The van der Waals surface area contributed by atoms with Crippen LogP contribution in [0.25, 0.3) is 5.69 Å². The van der Waals surface area contributed by atoms with Crippen LogP contribution in [0.1, 0.15) is 16.5 Å². The largest absolute Gasteiger partial charge is 0.325 e. The molecule has 0 saturated carbocycles. The van der Waals surface area contributed by atoms with Gasteiger partial charge in [-0.2, -0.15) is 5.10 Å². The van der Waals surface area contributed by atoms with Crippen LogP contribution in [0.5, 0.6) is 0 Å². The predicted molar refractivity (Wildman–Crippen MR) is 87.4 cm³/mol. The Bertz CT molecular complexity index is 781. The summed E-state index contributed by atoms with van der Waals surface area (Å²) in [4.78, 5) is 5.49. The van der Waals surface area contributed by atoms with Crippen LogP contribution in [0.2, 0.25) is 0 Å². The Labute approximate surface area is 132 Å². The number of imidazole rings is 1. The molecule has 0 aliphatic heterocycles. The Morgan fingerprint density at radius 1 is 0.955 bits per heavy atom. The molecule has 0 aliphatic rings. The fourth-order valence-corrected chi connectivity index (χ4v) is 3.44. The van der Waals surface area contributed by atoms with Crippen LogP contribution in [0, 0.1) is 0 Å². The highest BCUT2D eigenvalue weighted by molar-refractivity contribution is 7.10. The average molecular weight is 306 g/mol. The van der Waals surface area contributed by atoms with Gasteiger partial charge in [0.1, 0.15) is 0 Å². The molecule has 1 aromatic carbocycles. The van der Waals surface area contributed by atoms with Gasteiger partial charge in [0.15, 0.2) is 0 Å². The minimum absolute atomic E-state index is 0.161. The van der Waals surface area contributed by atoms with Crippen LogP contribution >= 0.6 is 11.3 Å². The van der Waals surface area contributed by atoms with E-state index in [0.717, 1.165) is 5.69 Å². The van der Waals surface area contributed by atoms with E-state index in [9.17, 15) is 0 Å². The van der Waals surface area contributed by atoms with Gasteiger partial charge in [-0.05, 0) is 35.2 Å². The van der Waals surface area contributed by atoms with Crippen molar-refractivity contribution in [1.29, 1.82) is 0 Å². The number of benzene rings is 1. The Kier molecular flexibility index (Phi) is 3.33. The molecule has 22 heavy (non-hydrogen) atoms. The summed E-state index contributed by atoms with van der Waals surface area (Å²) in [6.45, 7) is 0. The zero-order valence-corrected chi connectivity index (χ0v) is 12.6. The van der Waals surface area contributed by atoms with Gasteiger partial charge in [-0.3, -0.25) is 0 Å². The lowest BCUT2D eigenvalue weighted by molar-refractivity contribution is 0.687. The maximum absolute atomic E-state index is 4.26. The van der Waals surface area contributed by atoms with Crippen molar-refractivity contribution in [3.05, 3.63) is 89.4 Å². The summed E-state index contributed by atoms with van der Waals surface area (Å²) in [5, 5.41) is 6.37. The summed E-state index contributed by atoms with van der Waals surface area (Å²) in [5.74, 6) is 0. The van der Waals surface area contributed by atoms with Gasteiger partial charge in [-0.25, -0.2) is 9.67 Å². The van der Waals surface area contributed by atoms with Gasteiger partial charge >= 0.3 is 0 Å². The fraction of sp³-hybridized carbons (Fsp3) is 0.0588. The molecular weight excluding hydrogens is 292 g/mol. The monoisotopic (exact) mass is 306 g/mol. The van der Waals surface area contributed by atoms with E-state index in [0.29, 0.717) is 0 Å². The van der Waals surface area contributed by atoms with Crippen LogP contribution in [0.4, 0.5) is 0 Å². The maximum Gasteiger partial charge on any atom is 0.0954 e. The number of thiophene rings is 1. The van der Waals surface area contributed by atoms with Crippen molar-refractivity contribution in [2.45, 2.75) is 6.04 Å². The molecule has 0 bridgehead atoms. The van der Waals surface area contributed by atoms with Crippen molar-refractivity contribution in [3.63, 3.8) is 0 Å². The molecule has 1 unspecified atom stereocenters. The molecule has 0 N–H and O–H groups in total. The second-order valence-corrected chi connectivity index (χ2v) is 5.95. The lowest BCUT2D eigenvalue weighted by atomic mass is 10.0. The van der Waals surface area contributed by atoms with E-state index in [1.165, 1.54) is 10.4 Å². The molecule has 0 saturated heterocycles. The number of aromatic nitrogens is 4. The standard InChI is InChI=1S/C17H14N4S/c1-3-16(22-12-1)17(20-11-9-18-13-20)14-4-6-15(7-5-14)21-10-2-8-19-21/h1-13,17H. The summed E-state index contributed by atoms with van der Waals surface area (Å²) >= 11 is 1.76. The predicted octanol–water partition coefficient (Wildman–Crippen LogP) is 3.77. The van der Waals surface area contributed by atoms with E-state index >= 15 is 0 Å². The van der Waals surface area contributed by atoms with E-state index in [1.54, 1.807) is 17.5 Å². The Morgan fingerprint density at radius 2 is 1.86 bits per heavy atom. The van der Waals surface area contributed by atoms with Gasteiger partial charge in [-0.1, -0.05) is 18.2 Å². The summed E-state index contributed by atoms with van der Waals surface area (Å²) in [6.07, 6.45) is 9.42. The molecule has 5 heteroatoms. The van der Waals surface area contributed by atoms with Crippen LogP contribution in [-0.2, 0) is 0 Å². The summed E-state index contributed by atoms with van der Waals surface area (Å²) < 4.78 is 4.00. The van der Waals surface area contributed by atoms with Gasteiger partial charge in [0, 0.05) is 29.7 Å². The molecule has 0 spiro atoms.